The minimum absolute atomic E-state index is 0.389. The molecular formula is C19H25NO. The van der Waals surface area contributed by atoms with Crippen LogP contribution in [0.2, 0.25) is 0 Å². The minimum Gasteiger partial charge on any atom is -0.489 e. The van der Waals surface area contributed by atoms with Gasteiger partial charge >= 0.3 is 0 Å². The molecule has 0 bridgehead atoms. The molecule has 0 saturated carbocycles. The van der Waals surface area contributed by atoms with Gasteiger partial charge in [0.1, 0.15) is 12.4 Å². The van der Waals surface area contributed by atoms with Gasteiger partial charge in [0.25, 0.3) is 0 Å². The Morgan fingerprint density at radius 2 is 1.71 bits per heavy atom. The Balaban J connectivity index is 1.84. The van der Waals surface area contributed by atoms with E-state index in [1.165, 1.54) is 24.0 Å². The van der Waals surface area contributed by atoms with Crippen molar-refractivity contribution < 1.29 is 4.74 Å². The zero-order valence-corrected chi connectivity index (χ0v) is 13.0. The Bertz CT molecular complexity index is 507. The molecule has 0 spiro atoms. The van der Waals surface area contributed by atoms with Crippen LogP contribution in [0.15, 0.2) is 54.6 Å². The molecule has 2 aromatic carbocycles. The fourth-order valence-corrected chi connectivity index (χ4v) is 2.21. The van der Waals surface area contributed by atoms with Crippen LogP contribution in [-0.4, -0.2) is 6.54 Å². The molecule has 2 heteroatoms. The molecule has 0 amide bonds. The van der Waals surface area contributed by atoms with Gasteiger partial charge in [-0.1, -0.05) is 55.8 Å². The third-order valence-corrected chi connectivity index (χ3v) is 3.61. The fourth-order valence-electron chi connectivity index (χ4n) is 2.21. The SMILES string of the molecule is CCCCNC(C)c1ccc(OCc2ccccc2)cc1. The van der Waals surface area contributed by atoms with Gasteiger partial charge in [-0.05, 0) is 43.1 Å². The molecular weight excluding hydrogens is 258 g/mol. The average molecular weight is 283 g/mol. The minimum atomic E-state index is 0.389. The summed E-state index contributed by atoms with van der Waals surface area (Å²) in [6, 6.07) is 19.0. The molecule has 0 radical (unpaired) electrons. The molecule has 0 aliphatic carbocycles. The molecule has 0 fully saturated rings. The van der Waals surface area contributed by atoms with Gasteiger partial charge in [-0.2, -0.15) is 0 Å². The van der Waals surface area contributed by atoms with Crippen molar-refractivity contribution in [3.05, 3.63) is 65.7 Å². The van der Waals surface area contributed by atoms with E-state index in [4.69, 9.17) is 4.74 Å². The van der Waals surface area contributed by atoms with E-state index in [9.17, 15) is 0 Å². The lowest BCUT2D eigenvalue weighted by atomic mass is 10.1. The molecule has 1 N–H and O–H groups in total. The van der Waals surface area contributed by atoms with Crippen molar-refractivity contribution in [2.75, 3.05) is 6.54 Å². The number of hydrogen-bond acceptors (Lipinski definition) is 2. The maximum atomic E-state index is 5.80. The van der Waals surface area contributed by atoms with Crippen molar-refractivity contribution >= 4 is 0 Å². The first kappa shape index (κ1) is 15.6. The summed E-state index contributed by atoms with van der Waals surface area (Å²) in [7, 11) is 0. The van der Waals surface area contributed by atoms with Crippen LogP contribution < -0.4 is 10.1 Å². The molecule has 0 heterocycles. The van der Waals surface area contributed by atoms with Crippen LogP contribution in [0, 0.1) is 0 Å². The first-order chi connectivity index (χ1) is 10.3. The smallest absolute Gasteiger partial charge is 0.119 e. The van der Waals surface area contributed by atoms with Crippen LogP contribution in [0.25, 0.3) is 0 Å². The summed E-state index contributed by atoms with van der Waals surface area (Å²) < 4.78 is 5.80. The Labute approximate surface area is 128 Å². The molecule has 0 aliphatic heterocycles. The maximum Gasteiger partial charge on any atom is 0.119 e. The van der Waals surface area contributed by atoms with E-state index < -0.39 is 0 Å². The predicted molar refractivity (Wildman–Crippen MR) is 88.5 cm³/mol. The second-order valence-corrected chi connectivity index (χ2v) is 5.37. The zero-order chi connectivity index (χ0) is 14.9. The largest absolute Gasteiger partial charge is 0.489 e. The monoisotopic (exact) mass is 283 g/mol. The van der Waals surface area contributed by atoms with Gasteiger partial charge in [0.15, 0.2) is 0 Å². The molecule has 2 rings (SSSR count). The summed E-state index contributed by atoms with van der Waals surface area (Å²) in [5.41, 5.74) is 2.49. The Kier molecular flexibility index (Phi) is 6.29. The number of hydrogen-bond donors (Lipinski definition) is 1. The highest BCUT2D eigenvalue weighted by Crippen LogP contribution is 2.18. The van der Waals surface area contributed by atoms with Crippen molar-refractivity contribution in [3.63, 3.8) is 0 Å². The number of unbranched alkanes of at least 4 members (excludes halogenated alkanes) is 1. The predicted octanol–water partition coefficient (Wildman–Crippen LogP) is 4.72. The highest BCUT2D eigenvalue weighted by atomic mass is 16.5. The van der Waals surface area contributed by atoms with E-state index in [0.29, 0.717) is 12.6 Å². The highest BCUT2D eigenvalue weighted by Gasteiger charge is 2.04. The number of ether oxygens (including phenoxy) is 1. The Morgan fingerprint density at radius 1 is 1.00 bits per heavy atom. The van der Waals surface area contributed by atoms with E-state index in [1.54, 1.807) is 0 Å². The van der Waals surface area contributed by atoms with E-state index in [2.05, 4.69) is 55.6 Å². The van der Waals surface area contributed by atoms with Crippen molar-refractivity contribution in [2.45, 2.75) is 39.3 Å². The molecule has 21 heavy (non-hydrogen) atoms. The van der Waals surface area contributed by atoms with Gasteiger partial charge in [0, 0.05) is 6.04 Å². The summed E-state index contributed by atoms with van der Waals surface area (Å²) in [6.45, 7) is 6.11. The zero-order valence-electron chi connectivity index (χ0n) is 13.0. The van der Waals surface area contributed by atoms with E-state index >= 15 is 0 Å². The highest BCUT2D eigenvalue weighted by molar-refractivity contribution is 5.29. The summed E-state index contributed by atoms with van der Waals surface area (Å²) in [6.07, 6.45) is 2.45. The van der Waals surface area contributed by atoms with Crippen molar-refractivity contribution in [3.8, 4) is 5.75 Å². The number of rotatable bonds is 8. The normalized spacial score (nSPS) is 12.1. The molecule has 0 aliphatic rings. The van der Waals surface area contributed by atoms with Crippen molar-refractivity contribution in [1.82, 2.24) is 5.32 Å². The van der Waals surface area contributed by atoms with Gasteiger partial charge in [0.05, 0.1) is 0 Å². The number of benzene rings is 2. The average Bonchev–Trinajstić information content (AvgIpc) is 2.54. The van der Waals surface area contributed by atoms with Crippen molar-refractivity contribution in [2.24, 2.45) is 0 Å². The molecule has 0 saturated heterocycles. The molecule has 1 unspecified atom stereocenters. The Hall–Kier alpha value is -1.80. The first-order valence-electron chi connectivity index (χ1n) is 7.79. The van der Waals surface area contributed by atoms with Crippen LogP contribution in [0.3, 0.4) is 0 Å². The molecule has 1 atom stereocenters. The van der Waals surface area contributed by atoms with Crippen molar-refractivity contribution in [1.29, 1.82) is 0 Å². The fraction of sp³-hybridized carbons (Fsp3) is 0.368. The topological polar surface area (TPSA) is 21.3 Å². The quantitative estimate of drug-likeness (QED) is 0.708. The second-order valence-electron chi connectivity index (χ2n) is 5.37. The van der Waals surface area contributed by atoms with Crippen LogP contribution in [0.4, 0.5) is 0 Å². The first-order valence-corrected chi connectivity index (χ1v) is 7.79. The maximum absolute atomic E-state index is 5.80. The van der Waals surface area contributed by atoms with E-state index in [0.717, 1.165) is 12.3 Å². The summed E-state index contributed by atoms with van der Waals surface area (Å²) in [4.78, 5) is 0. The van der Waals surface area contributed by atoms with Gasteiger partial charge in [-0.15, -0.1) is 0 Å². The third-order valence-electron chi connectivity index (χ3n) is 3.61. The number of nitrogens with one attached hydrogen (secondary N) is 1. The molecule has 2 nitrogen and oxygen atoms in total. The van der Waals surface area contributed by atoms with Gasteiger partial charge < -0.3 is 10.1 Å². The molecule has 2 aromatic rings. The van der Waals surface area contributed by atoms with Crippen LogP contribution in [0.1, 0.15) is 43.9 Å². The second kappa shape index (κ2) is 8.48. The Morgan fingerprint density at radius 3 is 2.38 bits per heavy atom. The third kappa shape index (κ3) is 5.24. The molecule has 112 valence electrons. The van der Waals surface area contributed by atoms with Gasteiger partial charge in [-0.25, -0.2) is 0 Å². The lowest BCUT2D eigenvalue weighted by molar-refractivity contribution is 0.306. The summed E-state index contributed by atoms with van der Waals surface area (Å²) in [5.74, 6) is 0.920. The summed E-state index contributed by atoms with van der Waals surface area (Å²) >= 11 is 0. The standard InChI is InChI=1S/C19H25NO/c1-3-4-14-20-16(2)18-10-12-19(13-11-18)21-15-17-8-6-5-7-9-17/h5-13,16,20H,3-4,14-15H2,1-2H3. The van der Waals surface area contributed by atoms with Crippen LogP contribution in [-0.2, 0) is 6.61 Å². The van der Waals surface area contributed by atoms with E-state index in [1.807, 2.05) is 18.2 Å². The van der Waals surface area contributed by atoms with E-state index in [-0.39, 0.29) is 0 Å². The van der Waals surface area contributed by atoms with Gasteiger partial charge in [0.2, 0.25) is 0 Å². The molecule has 0 aromatic heterocycles. The van der Waals surface area contributed by atoms with Crippen LogP contribution in [0.5, 0.6) is 5.75 Å². The lowest BCUT2D eigenvalue weighted by Gasteiger charge is -2.14. The van der Waals surface area contributed by atoms with Gasteiger partial charge in [-0.3, -0.25) is 0 Å². The van der Waals surface area contributed by atoms with Crippen LogP contribution >= 0.6 is 0 Å². The lowest BCUT2D eigenvalue weighted by Crippen LogP contribution is -2.19. The summed E-state index contributed by atoms with van der Waals surface area (Å²) in [5, 5.41) is 3.54.